The van der Waals surface area contributed by atoms with Crippen molar-refractivity contribution in [2.75, 3.05) is 11.9 Å². The highest BCUT2D eigenvalue weighted by Crippen LogP contribution is 2.10. The van der Waals surface area contributed by atoms with Gasteiger partial charge in [0.05, 0.1) is 0 Å². The fourth-order valence-corrected chi connectivity index (χ4v) is 1.73. The second-order valence-electron chi connectivity index (χ2n) is 3.38. The molecule has 0 atom stereocenters. The Morgan fingerprint density at radius 3 is 2.69 bits per heavy atom. The maximum atomic E-state index is 4.30. The summed E-state index contributed by atoms with van der Waals surface area (Å²) in [7, 11) is 0. The Balaban J connectivity index is 1.85. The molecule has 2 aromatic heterocycles. The van der Waals surface area contributed by atoms with Crippen molar-refractivity contribution in [1.29, 1.82) is 0 Å². The van der Waals surface area contributed by atoms with Crippen LogP contribution in [0.1, 0.15) is 5.56 Å². The van der Waals surface area contributed by atoms with E-state index in [1.54, 1.807) is 0 Å². The Hall–Kier alpha value is -1.42. The second kappa shape index (κ2) is 5.61. The molecule has 2 aromatic rings. The quantitative estimate of drug-likeness (QED) is 0.874. The largest absolute Gasteiger partial charge is 0.370 e. The zero-order valence-electron chi connectivity index (χ0n) is 8.73. The van der Waals surface area contributed by atoms with E-state index in [2.05, 4.69) is 31.2 Å². The van der Waals surface area contributed by atoms with Gasteiger partial charge in [0, 0.05) is 18.9 Å². The first-order valence-corrected chi connectivity index (χ1v) is 5.89. The average molecular weight is 278 g/mol. The van der Waals surface area contributed by atoms with Crippen LogP contribution in [-0.4, -0.2) is 16.5 Å². The highest BCUT2D eigenvalue weighted by molar-refractivity contribution is 9.10. The van der Waals surface area contributed by atoms with Crippen LogP contribution in [-0.2, 0) is 6.42 Å². The molecule has 0 saturated carbocycles. The summed E-state index contributed by atoms with van der Waals surface area (Å²) in [5.74, 6) is 0.892. The molecule has 2 rings (SSSR count). The maximum absolute atomic E-state index is 4.30. The summed E-state index contributed by atoms with van der Waals surface area (Å²) in [6.07, 6.45) is 4.59. The monoisotopic (exact) mass is 277 g/mol. The van der Waals surface area contributed by atoms with Crippen molar-refractivity contribution in [3.05, 3.63) is 52.9 Å². The molecule has 0 radical (unpaired) electrons. The minimum Gasteiger partial charge on any atom is -0.370 e. The molecule has 0 bridgehead atoms. The topological polar surface area (TPSA) is 37.8 Å². The van der Waals surface area contributed by atoms with E-state index >= 15 is 0 Å². The number of halogens is 1. The van der Waals surface area contributed by atoms with Crippen molar-refractivity contribution in [1.82, 2.24) is 9.97 Å². The van der Waals surface area contributed by atoms with E-state index < -0.39 is 0 Å². The molecular formula is C12H12BrN3. The van der Waals surface area contributed by atoms with Gasteiger partial charge in [-0.3, -0.25) is 4.98 Å². The van der Waals surface area contributed by atoms with Crippen molar-refractivity contribution in [3.8, 4) is 0 Å². The number of hydrogen-bond acceptors (Lipinski definition) is 3. The van der Waals surface area contributed by atoms with E-state index in [1.807, 2.05) is 42.7 Å². The van der Waals surface area contributed by atoms with E-state index in [-0.39, 0.29) is 0 Å². The molecule has 82 valence electrons. The third-order valence-electron chi connectivity index (χ3n) is 2.18. The number of aromatic nitrogens is 2. The van der Waals surface area contributed by atoms with Crippen molar-refractivity contribution >= 4 is 21.7 Å². The van der Waals surface area contributed by atoms with Gasteiger partial charge in [0.2, 0.25) is 0 Å². The second-order valence-corrected chi connectivity index (χ2v) is 4.19. The fraction of sp³-hybridized carbons (Fsp3) is 0.167. The van der Waals surface area contributed by atoms with Crippen LogP contribution >= 0.6 is 15.9 Å². The van der Waals surface area contributed by atoms with Crippen molar-refractivity contribution in [2.24, 2.45) is 0 Å². The molecule has 0 amide bonds. The molecule has 4 heteroatoms. The van der Waals surface area contributed by atoms with Crippen LogP contribution in [0.3, 0.4) is 0 Å². The van der Waals surface area contributed by atoms with Crippen molar-refractivity contribution in [3.63, 3.8) is 0 Å². The number of nitrogens with one attached hydrogen (secondary N) is 1. The fourth-order valence-electron chi connectivity index (χ4n) is 1.39. The summed E-state index contributed by atoms with van der Waals surface area (Å²) in [5.41, 5.74) is 1.28. The lowest BCUT2D eigenvalue weighted by atomic mass is 10.2. The Kier molecular flexibility index (Phi) is 3.88. The maximum Gasteiger partial charge on any atom is 0.127 e. The molecular weight excluding hydrogens is 266 g/mol. The Labute approximate surface area is 103 Å². The number of pyridine rings is 2. The third-order valence-corrected chi connectivity index (χ3v) is 2.63. The summed E-state index contributed by atoms with van der Waals surface area (Å²) in [5, 5.41) is 3.27. The van der Waals surface area contributed by atoms with Gasteiger partial charge < -0.3 is 5.32 Å². The predicted octanol–water partition coefficient (Wildman–Crippen LogP) is 2.89. The summed E-state index contributed by atoms with van der Waals surface area (Å²) in [6, 6.07) is 9.88. The lowest BCUT2D eigenvalue weighted by Gasteiger charge is -2.05. The van der Waals surface area contributed by atoms with E-state index in [4.69, 9.17) is 0 Å². The first-order chi connectivity index (χ1) is 7.84. The number of hydrogen-bond donors (Lipinski definition) is 1. The molecule has 0 aliphatic carbocycles. The SMILES string of the molecule is Brc1cccc(NCCc2ccncc2)n1. The summed E-state index contributed by atoms with van der Waals surface area (Å²) in [4.78, 5) is 8.28. The summed E-state index contributed by atoms with van der Waals surface area (Å²) in [6.45, 7) is 0.869. The van der Waals surface area contributed by atoms with Crippen LogP contribution in [0.15, 0.2) is 47.3 Å². The summed E-state index contributed by atoms with van der Waals surface area (Å²) >= 11 is 3.34. The average Bonchev–Trinajstić information content (AvgIpc) is 2.30. The third kappa shape index (κ3) is 3.31. The van der Waals surface area contributed by atoms with Gasteiger partial charge in [-0.15, -0.1) is 0 Å². The first kappa shape index (κ1) is 11.1. The molecule has 16 heavy (non-hydrogen) atoms. The van der Waals surface area contributed by atoms with Crippen LogP contribution in [0.5, 0.6) is 0 Å². The minimum atomic E-state index is 0.849. The van der Waals surface area contributed by atoms with Gasteiger partial charge in [-0.2, -0.15) is 0 Å². The number of rotatable bonds is 4. The molecule has 3 nitrogen and oxygen atoms in total. The van der Waals surface area contributed by atoms with Crippen LogP contribution in [0.4, 0.5) is 5.82 Å². The molecule has 1 N–H and O–H groups in total. The molecule has 0 aliphatic heterocycles. The van der Waals surface area contributed by atoms with E-state index in [9.17, 15) is 0 Å². The molecule has 0 aliphatic rings. The standard InChI is InChI=1S/C12H12BrN3/c13-11-2-1-3-12(16-11)15-9-6-10-4-7-14-8-5-10/h1-5,7-8H,6,9H2,(H,15,16). The van der Waals surface area contributed by atoms with Gasteiger partial charge in [0.15, 0.2) is 0 Å². The predicted molar refractivity (Wildman–Crippen MR) is 68.4 cm³/mol. The Morgan fingerprint density at radius 2 is 1.94 bits per heavy atom. The van der Waals surface area contributed by atoms with Crippen molar-refractivity contribution < 1.29 is 0 Å². The lowest BCUT2D eigenvalue weighted by molar-refractivity contribution is 0.998. The van der Waals surface area contributed by atoms with Gasteiger partial charge in [0.25, 0.3) is 0 Å². The molecule has 2 heterocycles. The highest BCUT2D eigenvalue weighted by atomic mass is 79.9. The zero-order valence-corrected chi connectivity index (χ0v) is 10.3. The molecule has 0 aromatic carbocycles. The Morgan fingerprint density at radius 1 is 1.12 bits per heavy atom. The molecule has 0 fully saturated rings. The smallest absolute Gasteiger partial charge is 0.127 e. The molecule has 0 spiro atoms. The van der Waals surface area contributed by atoms with E-state index in [0.29, 0.717) is 0 Å². The van der Waals surface area contributed by atoms with Crippen molar-refractivity contribution in [2.45, 2.75) is 6.42 Å². The molecule has 0 unspecified atom stereocenters. The van der Waals surface area contributed by atoms with Gasteiger partial charge in [-0.05, 0) is 52.2 Å². The number of nitrogens with zero attached hydrogens (tertiary/aromatic N) is 2. The zero-order chi connectivity index (χ0) is 11.2. The van der Waals surface area contributed by atoms with E-state index in [1.165, 1.54) is 5.56 Å². The Bertz CT molecular complexity index is 445. The highest BCUT2D eigenvalue weighted by Gasteiger charge is 1.95. The van der Waals surface area contributed by atoms with Gasteiger partial charge in [-0.1, -0.05) is 6.07 Å². The minimum absolute atomic E-state index is 0.849. The van der Waals surface area contributed by atoms with Gasteiger partial charge in [0.1, 0.15) is 10.4 Å². The van der Waals surface area contributed by atoms with Gasteiger partial charge in [-0.25, -0.2) is 4.98 Å². The normalized spacial score (nSPS) is 10.1. The molecule has 0 saturated heterocycles. The van der Waals surface area contributed by atoms with Crippen LogP contribution in [0, 0.1) is 0 Å². The van der Waals surface area contributed by atoms with Crippen LogP contribution in [0.2, 0.25) is 0 Å². The van der Waals surface area contributed by atoms with Gasteiger partial charge >= 0.3 is 0 Å². The first-order valence-electron chi connectivity index (χ1n) is 5.10. The van der Waals surface area contributed by atoms with Crippen LogP contribution < -0.4 is 5.32 Å². The van der Waals surface area contributed by atoms with Crippen LogP contribution in [0.25, 0.3) is 0 Å². The number of anilines is 1. The summed E-state index contributed by atoms with van der Waals surface area (Å²) < 4.78 is 0.849. The lowest BCUT2D eigenvalue weighted by Crippen LogP contribution is -2.06. The van der Waals surface area contributed by atoms with E-state index in [0.717, 1.165) is 23.4 Å².